The molecule has 1 heterocycles. The first kappa shape index (κ1) is 19.1. The summed E-state index contributed by atoms with van der Waals surface area (Å²) in [5, 5.41) is 7.90. The first-order valence-electron chi connectivity index (χ1n) is 9.48. The number of benzene rings is 3. The Morgan fingerprint density at radius 2 is 1.67 bits per heavy atom. The van der Waals surface area contributed by atoms with E-state index in [0.29, 0.717) is 16.8 Å². The van der Waals surface area contributed by atoms with E-state index >= 15 is 0 Å². The lowest BCUT2D eigenvalue weighted by atomic mass is 10.1. The van der Waals surface area contributed by atoms with Crippen molar-refractivity contribution in [2.75, 3.05) is 5.32 Å². The maximum atomic E-state index is 12.4. The number of aromatic nitrogens is 1. The van der Waals surface area contributed by atoms with Crippen molar-refractivity contribution >= 4 is 34.6 Å². The normalized spacial score (nSPS) is 11.0. The number of para-hydroxylation sites is 1. The minimum Gasteiger partial charge on any atom is -0.361 e. The molecule has 6 nitrogen and oxygen atoms in total. The number of anilines is 1. The number of hydrogen-bond donors (Lipinski definition) is 3. The van der Waals surface area contributed by atoms with Crippen LogP contribution in [0.5, 0.6) is 0 Å². The predicted molar refractivity (Wildman–Crippen MR) is 119 cm³/mol. The predicted octanol–water partition coefficient (Wildman–Crippen LogP) is 4.49. The van der Waals surface area contributed by atoms with Crippen molar-refractivity contribution in [3.8, 4) is 0 Å². The Morgan fingerprint density at radius 1 is 0.900 bits per heavy atom. The third kappa shape index (κ3) is 4.28. The largest absolute Gasteiger partial charge is 0.361 e. The van der Waals surface area contributed by atoms with Gasteiger partial charge in [-0.3, -0.25) is 9.59 Å². The van der Waals surface area contributed by atoms with Gasteiger partial charge in [-0.05, 0) is 43.3 Å². The number of hydrogen-bond acceptors (Lipinski definition) is 3. The number of H-pyrrole nitrogens is 1. The topological polar surface area (TPSA) is 86.3 Å². The molecule has 30 heavy (non-hydrogen) atoms. The van der Waals surface area contributed by atoms with Crippen molar-refractivity contribution in [2.24, 2.45) is 5.10 Å². The quantitative estimate of drug-likeness (QED) is 0.343. The molecule has 0 aliphatic rings. The SMILES string of the molecule is Cc1cccc(C(=O)Nc2cccc(C(=O)N/N=C\c3c[nH]c4ccccc34)c2)c1. The second kappa shape index (κ2) is 8.45. The number of rotatable bonds is 5. The lowest BCUT2D eigenvalue weighted by Crippen LogP contribution is -2.18. The minimum absolute atomic E-state index is 0.228. The monoisotopic (exact) mass is 396 g/mol. The van der Waals surface area contributed by atoms with Gasteiger partial charge in [0.15, 0.2) is 0 Å². The van der Waals surface area contributed by atoms with E-state index in [1.807, 2.05) is 55.6 Å². The molecule has 1 aromatic heterocycles. The molecular formula is C24H20N4O2. The fourth-order valence-electron chi connectivity index (χ4n) is 3.15. The summed E-state index contributed by atoms with van der Waals surface area (Å²) in [5.74, 6) is -0.591. The van der Waals surface area contributed by atoms with Crippen LogP contribution in [0.25, 0.3) is 10.9 Å². The smallest absolute Gasteiger partial charge is 0.271 e. The number of carbonyl (C=O) groups is 2. The molecule has 0 spiro atoms. The minimum atomic E-state index is -0.363. The van der Waals surface area contributed by atoms with Crippen molar-refractivity contribution in [3.05, 3.63) is 101 Å². The maximum Gasteiger partial charge on any atom is 0.271 e. The van der Waals surface area contributed by atoms with Gasteiger partial charge in [0.25, 0.3) is 11.8 Å². The molecule has 0 saturated heterocycles. The molecule has 0 atom stereocenters. The van der Waals surface area contributed by atoms with E-state index in [1.165, 1.54) is 0 Å². The van der Waals surface area contributed by atoms with E-state index in [4.69, 9.17) is 0 Å². The van der Waals surface area contributed by atoms with E-state index in [-0.39, 0.29) is 11.8 Å². The Bertz CT molecular complexity index is 1260. The van der Waals surface area contributed by atoms with Crippen LogP contribution in [0, 0.1) is 6.92 Å². The zero-order chi connectivity index (χ0) is 20.9. The number of hydrazone groups is 1. The van der Waals surface area contributed by atoms with Crippen LogP contribution < -0.4 is 10.7 Å². The number of nitrogens with zero attached hydrogens (tertiary/aromatic N) is 1. The fraction of sp³-hybridized carbons (Fsp3) is 0.0417. The summed E-state index contributed by atoms with van der Waals surface area (Å²) in [7, 11) is 0. The van der Waals surface area contributed by atoms with E-state index in [2.05, 4.69) is 20.8 Å². The van der Waals surface area contributed by atoms with Gasteiger partial charge in [-0.1, -0.05) is 42.0 Å². The molecule has 148 valence electrons. The van der Waals surface area contributed by atoms with Crippen molar-refractivity contribution < 1.29 is 9.59 Å². The van der Waals surface area contributed by atoms with Gasteiger partial charge in [0.2, 0.25) is 0 Å². The Hall–Kier alpha value is -4.19. The second-order valence-electron chi connectivity index (χ2n) is 6.89. The van der Waals surface area contributed by atoms with Crippen LogP contribution in [0.15, 0.2) is 84.1 Å². The third-order valence-electron chi connectivity index (χ3n) is 4.65. The first-order chi connectivity index (χ1) is 14.6. The highest BCUT2D eigenvalue weighted by Crippen LogP contribution is 2.16. The van der Waals surface area contributed by atoms with Gasteiger partial charge in [0, 0.05) is 39.5 Å². The first-order valence-corrected chi connectivity index (χ1v) is 9.48. The number of aromatic amines is 1. The van der Waals surface area contributed by atoms with Crippen molar-refractivity contribution in [1.82, 2.24) is 10.4 Å². The van der Waals surface area contributed by atoms with Gasteiger partial charge in [0.1, 0.15) is 0 Å². The molecule has 4 rings (SSSR count). The zero-order valence-electron chi connectivity index (χ0n) is 16.3. The Balaban J connectivity index is 1.43. The molecule has 0 unspecified atom stereocenters. The summed E-state index contributed by atoms with van der Waals surface area (Å²) in [5.41, 5.74) is 6.91. The van der Waals surface area contributed by atoms with Crippen LogP contribution in [-0.4, -0.2) is 23.0 Å². The van der Waals surface area contributed by atoms with Crippen LogP contribution >= 0.6 is 0 Å². The average Bonchev–Trinajstić information content (AvgIpc) is 3.17. The van der Waals surface area contributed by atoms with E-state index in [1.54, 1.807) is 36.5 Å². The summed E-state index contributed by atoms with van der Waals surface area (Å²) >= 11 is 0. The third-order valence-corrected chi connectivity index (χ3v) is 4.65. The molecule has 3 aromatic carbocycles. The van der Waals surface area contributed by atoms with Gasteiger partial charge in [-0.2, -0.15) is 5.10 Å². The molecule has 0 bridgehead atoms. The Labute approximate surface area is 173 Å². The van der Waals surface area contributed by atoms with Crippen LogP contribution in [0.2, 0.25) is 0 Å². The number of amides is 2. The van der Waals surface area contributed by atoms with Gasteiger partial charge in [-0.25, -0.2) is 5.43 Å². The second-order valence-corrected chi connectivity index (χ2v) is 6.89. The van der Waals surface area contributed by atoms with Crippen LogP contribution in [0.1, 0.15) is 31.8 Å². The number of fused-ring (bicyclic) bond motifs is 1. The van der Waals surface area contributed by atoms with Gasteiger partial charge in [0.05, 0.1) is 6.21 Å². The van der Waals surface area contributed by atoms with Crippen LogP contribution in [0.3, 0.4) is 0 Å². The van der Waals surface area contributed by atoms with Gasteiger partial charge in [-0.15, -0.1) is 0 Å². The number of aryl methyl sites for hydroxylation is 1. The molecule has 0 saturated carbocycles. The summed E-state index contributed by atoms with van der Waals surface area (Å²) in [6.07, 6.45) is 3.43. The van der Waals surface area contributed by atoms with Crippen molar-refractivity contribution in [3.63, 3.8) is 0 Å². The summed E-state index contributed by atoms with van der Waals surface area (Å²) < 4.78 is 0. The van der Waals surface area contributed by atoms with E-state index in [9.17, 15) is 9.59 Å². The molecule has 6 heteroatoms. The van der Waals surface area contributed by atoms with Gasteiger partial charge < -0.3 is 10.3 Å². The Morgan fingerprint density at radius 3 is 2.50 bits per heavy atom. The lowest BCUT2D eigenvalue weighted by Gasteiger charge is -2.07. The van der Waals surface area contributed by atoms with Crippen LogP contribution in [-0.2, 0) is 0 Å². The highest BCUT2D eigenvalue weighted by Gasteiger charge is 2.09. The molecule has 0 radical (unpaired) electrons. The Kier molecular flexibility index (Phi) is 5.39. The molecule has 0 aliphatic heterocycles. The molecule has 0 aliphatic carbocycles. The summed E-state index contributed by atoms with van der Waals surface area (Å²) in [6.45, 7) is 1.93. The van der Waals surface area contributed by atoms with Gasteiger partial charge >= 0.3 is 0 Å². The molecular weight excluding hydrogens is 376 g/mol. The zero-order valence-corrected chi connectivity index (χ0v) is 16.3. The van der Waals surface area contributed by atoms with E-state index < -0.39 is 0 Å². The maximum absolute atomic E-state index is 12.4. The lowest BCUT2D eigenvalue weighted by molar-refractivity contribution is 0.0953. The van der Waals surface area contributed by atoms with Crippen molar-refractivity contribution in [1.29, 1.82) is 0 Å². The summed E-state index contributed by atoms with van der Waals surface area (Å²) in [4.78, 5) is 28.0. The van der Waals surface area contributed by atoms with E-state index in [0.717, 1.165) is 22.0 Å². The number of carbonyl (C=O) groups excluding carboxylic acids is 2. The molecule has 3 N–H and O–H groups in total. The molecule has 4 aromatic rings. The molecule has 0 fully saturated rings. The number of nitrogens with one attached hydrogen (secondary N) is 3. The fourth-order valence-corrected chi connectivity index (χ4v) is 3.15. The van der Waals surface area contributed by atoms with Crippen molar-refractivity contribution in [2.45, 2.75) is 6.92 Å². The van der Waals surface area contributed by atoms with Crippen LogP contribution in [0.4, 0.5) is 5.69 Å². The highest BCUT2D eigenvalue weighted by molar-refractivity contribution is 6.05. The standard InChI is InChI=1S/C24H20N4O2/c1-16-6-4-7-17(12-16)23(29)27-20-9-5-8-18(13-20)24(30)28-26-15-19-14-25-22-11-3-2-10-21(19)22/h2-15,25H,1H3,(H,27,29)(H,28,30)/b26-15-. The average molecular weight is 396 g/mol. The molecule has 2 amide bonds. The highest BCUT2D eigenvalue weighted by atomic mass is 16.2. The summed E-state index contributed by atoms with van der Waals surface area (Å²) in [6, 6.07) is 21.9.